The van der Waals surface area contributed by atoms with Gasteiger partial charge in [0.2, 0.25) is 11.8 Å². The number of carbonyl (C=O) groups is 3. The number of unbranched alkanes of at least 4 members (excludes halogenated alkanes) is 2. The second-order valence-corrected chi connectivity index (χ2v) is 10.1. The number of esters is 1. The van der Waals surface area contributed by atoms with Gasteiger partial charge in [-0.1, -0.05) is 57.7 Å². The lowest BCUT2D eigenvalue weighted by Crippen LogP contribution is -2.37. The van der Waals surface area contributed by atoms with Crippen LogP contribution in [0.5, 0.6) is 5.75 Å². The van der Waals surface area contributed by atoms with E-state index in [0.717, 1.165) is 25.7 Å². The van der Waals surface area contributed by atoms with Crippen molar-refractivity contribution >= 4 is 55.3 Å². The highest BCUT2D eigenvalue weighted by molar-refractivity contribution is 9.12. The summed E-state index contributed by atoms with van der Waals surface area (Å²) in [4.78, 5) is 39.9. The zero-order chi connectivity index (χ0) is 20.0. The van der Waals surface area contributed by atoms with E-state index < -0.39 is 0 Å². The first-order valence-electron chi connectivity index (χ1n) is 9.90. The van der Waals surface area contributed by atoms with E-state index in [1.54, 1.807) is 24.3 Å². The molecule has 1 aromatic carbocycles. The Balaban J connectivity index is 1.52. The Labute approximate surface area is 181 Å². The summed E-state index contributed by atoms with van der Waals surface area (Å²) in [6.45, 7) is 2.08. The summed E-state index contributed by atoms with van der Waals surface area (Å²) in [7, 11) is 0. The zero-order valence-corrected chi connectivity index (χ0v) is 18.8. The lowest BCUT2D eigenvalue weighted by molar-refractivity contribution is -0.134. The van der Waals surface area contributed by atoms with Gasteiger partial charge in [-0.2, -0.15) is 0 Å². The Morgan fingerprint density at radius 1 is 1.11 bits per heavy atom. The number of amides is 2. The largest absolute Gasteiger partial charge is 0.426 e. The average Bonchev–Trinajstić information content (AvgIpc) is 3.27. The molecular weight excluding hydrogens is 490 g/mol. The van der Waals surface area contributed by atoms with Gasteiger partial charge in [-0.05, 0) is 36.8 Å². The van der Waals surface area contributed by atoms with Crippen LogP contribution in [-0.4, -0.2) is 27.4 Å². The number of rotatable bonds is 6. The predicted octanol–water partition coefficient (Wildman–Crippen LogP) is 4.45. The topological polar surface area (TPSA) is 63.7 Å². The molecule has 4 rings (SSSR count). The molecule has 0 aromatic heterocycles. The molecule has 2 aliphatic carbocycles. The van der Waals surface area contributed by atoms with E-state index in [2.05, 4.69) is 38.8 Å². The monoisotopic (exact) mass is 511 g/mol. The van der Waals surface area contributed by atoms with Gasteiger partial charge in [-0.15, -0.1) is 0 Å². The highest BCUT2D eigenvalue weighted by Crippen LogP contribution is 2.60. The zero-order valence-electron chi connectivity index (χ0n) is 15.6. The maximum absolute atomic E-state index is 13.1. The Bertz CT molecular complexity index is 781. The number of imide groups is 1. The first kappa shape index (κ1) is 20.1. The van der Waals surface area contributed by atoms with Gasteiger partial charge in [-0.25, -0.2) is 4.90 Å². The standard InChI is InChI=1S/C21H23Br2NO4/c1-2-3-4-8-15(25)28-12-7-5-6-11(9-12)24-20(26)16-13-10-14(17(16)21(24)27)19(23)18(13)22/h5-7,9,13-14,16-19H,2-4,8,10H2,1H3/t13-,14-,16-,17+,18-,19+/m0/s1. The highest BCUT2D eigenvalue weighted by Gasteiger charge is 2.66. The van der Waals surface area contributed by atoms with Crippen molar-refractivity contribution in [1.29, 1.82) is 0 Å². The van der Waals surface area contributed by atoms with Crippen molar-refractivity contribution in [1.82, 2.24) is 0 Å². The van der Waals surface area contributed by atoms with Crippen LogP contribution in [0.1, 0.15) is 39.0 Å². The third-order valence-electron chi connectivity index (χ3n) is 6.28. The van der Waals surface area contributed by atoms with Gasteiger partial charge in [-0.3, -0.25) is 14.4 Å². The Morgan fingerprint density at radius 3 is 2.36 bits per heavy atom. The molecule has 28 heavy (non-hydrogen) atoms. The number of alkyl halides is 2. The van der Waals surface area contributed by atoms with Gasteiger partial charge in [0.1, 0.15) is 5.75 Å². The number of benzene rings is 1. The molecule has 1 aliphatic heterocycles. The van der Waals surface area contributed by atoms with Gasteiger partial charge in [0.15, 0.2) is 0 Å². The number of nitrogens with zero attached hydrogens (tertiary/aromatic N) is 1. The summed E-state index contributed by atoms with van der Waals surface area (Å²) in [5.74, 6) is -0.316. The Kier molecular flexibility index (Phi) is 5.67. The van der Waals surface area contributed by atoms with E-state index in [4.69, 9.17) is 4.74 Å². The van der Waals surface area contributed by atoms with Crippen LogP contribution < -0.4 is 9.64 Å². The summed E-state index contributed by atoms with van der Waals surface area (Å²) in [6, 6.07) is 6.74. The minimum atomic E-state index is -0.288. The first-order valence-corrected chi connectivity index (χ1v) is 11.7. The highest BCUT2D eigenvalue weighted by atomic mass is 79.9. The molecule has 3 fully saturated rings. The smallest absolute Gasteiger partial charge is 0.311 e. The number of ether oxygens (including phenoxy) is 1. The van der Waals surface area contributed by atoms with Crippen LogP contribution >= 0.6 is 31.9 Å². The van der Waals surface area contributed by atoms with Crippen molar-refractivity contribution in [2.24, 2.45) is 23.7 Å². The molecule has 0 unspecified atom stereocenters. The van der Waals surface area contributed by atoms with Crippen LogP contribution in [0.2, 0.25) is 0 Å². The van der Waals surface area contributed by atoms with E-state index in [-0.39, 0.29) is 51.1 Å². The molecule has 0 spiro atoms. The molecule has 1 heterocycles. The number of carbonyl (C=O) groups excluding carboxylic acids is 3. The predicted molar refractivity (Wildman–Crippen MR) is 113 cm³/mol. The molecule has 2 bridgehead atoms. The van der Waals surface area contributed by atoms with E-state index in [1.807, 2.05) is 0 Å². The van der Waals surface area contributed by atoms with E-state index in [0.29, 0.717) is 17.9 Å². The molecule has 6 atom stereocenters. The third kappa shape index (κ3) is 3.24. The van der Waals surface area contributed by atoms with E-state index in [1.165, 1.54) is 4.90 Å². The molecule has 7 heteroatoms. The summed E-state index contributed by atoms with van der Waals surface area (Å²) >= 11 is 7.40. The van der Waals surface area contributed by atoms with Crippen molar-refractivity contribution in [2.45, 2.75) is 48.7 Å². The van der Waals surface area contributed by atoms with Crippen molar-refractivity contribution in [3.8, 4) is 5.75 Å². The second-order valence-electron chi connectivity index (χ2n) is 7.94. The molecule has 5 nitrogen and oxygen atoms in total. The fraction of sp³-hybridized carbons (Fsp3) is 0.571. The molecule has 0 radical (unpaired) electrons. The van der Waals surface area contributed by atoms with Crippen molar-refractivity contribution in [3.63, 3.8) is 0 Å². The van der Waals surface area contributed by atoms with Crippen LogP contribution in [-0.2, 0) is 14.4 Å². The lowest BCUT2D eigenvalue weighted by Gasteiger charge is -2.28. The van der Waals surface area contributed by atoms with Crippen molar-refractivity contribution in [2.75, 3.05) is 4.90 Å². The number of anilines is 1. The van der Waals surface area contributed by atoms with E-state index >= 15 is 0 Å². The number of hydrogen-bond acceptors (Lipinski definition) is 4. The molecule has 150 valence electrons. The van der Waals surface area contributed by atoms with Crippen LogP contribution in [0.3, 0.4) is 0 Å². The van der Waals surface area contributed by atoms with Gasteiger partial charge in [0.05, 0.1) is 17.5 Å². The average molecular weight is 513 g/mol. The van der Waals surface area contributed by atoms with E-state index in [9.17, 15) is 14.4 Å². The molecule has 0 N–H and O–H groups in total. The quantitative estimate of drug-likeness (QED) is 0.186. The fourth-order valence-electron chi connectivity index (χ4n) is 4.99. The minimum absolute atomic E-state index is 0.127. The molecule has 3 aliphatic rings. The normalized spacial score (nSPS) is 33.5. The van der Waals surface area contributed by atoms with Crippen molar-refractivity contribution in [3.05, 3.63) is 24.3 Å². The number of fused-ring (bicyclic) bond motifs is 5. The van der Waals surface area contributed by atoms with Gasteiger partial charge in [0.25, 0.3) is 0 Å². The second kappa shape index (κ2) is 7.90. The van der Waals surface area contributed by atoms with Crippen LogP contribution in [0.15, 0.2) is 24.3 Å². The number of halogens is 2. The van der Waals surface area contributed by atoms with Crippen molar-refractivity contribution < 1.29 is 19.1 Å². The van der Waals surface area contributed by atoms with Crippen LogP contribution in [0.4, 0.5) is 5.69 Å². The molecule has 2 saturated carbocycles. The Hall–Kier alpha value is -1.21. The first-order chi connectivity index (χ1) is 13.4. The van der Waals surface area contributed by atoms with Gasteiger partial charge in [0, 0.05) is 22.1 Å². The summed E-state index contributed by atoms with van der Waals surface area (Å²) in [5, 5.41) is 0. The Morgan fingerprint density at radius 2 is 1.75 bits per heavy atom. The summed E-state index contributed by atoms with van der Waals surface area (Å²) in [6.07, 6.45) is 4.09. The summed E-state index contributed by atoms with van der Waals surface area (Å²) < 4.78 is 5.41. The van der Waals surface area contributed by atoms with Gasteiger partial charge < -0.3 is 4.74 Å². The summed E-state index contributed by atoms with van der Waals surface area (Å²) in [5.41, 5.74) is 0.486. The lowest BCUT2D eigenvalue weighted by atomic mass is 9.81. The maximum atomic E-state index is 13.1. The van der Waals surface area contributed by atoms with Gasteiger partial charge >= 0.3 is 5.97 Å². The number of hydrogen-bond donors (Lipinski definition) is 0. The van der Waals surface area contributed by atoms with Crippen LogP contribution in [0, 0.1) is 23.7 Å². The molecule has 2 amide bonds. The SMILES string of the molecule is CCCCCC(=O)Oc1cccc(N2C(=O)[C@@H]3[C@@H]4C[C@H]([C@H](Br)[C@@H]4Br)[C@@H]3C2=O)c1. The minimum Gasteiger partial charge on any atom is -0.426 e. The third-order valence-corrected chi connectivity index (χ3v) is 9.49. The van der Waals surface area contributed by atoms with Crippen LogP contribution in [0.25, 0.3) is 0 Å². The fourth-order valence-corrected chi connectivity index (χ4v) is 6.86. The molecule has 1 aromatic rings. The maximum Gasteiger partial charge on any atom is 0.311 e. The molecule has 1 saturated heterocycles. The molecular formula is C21H23Br2NO4.